The van der Waals surface area contributed by atoms with Crippen molar-refractivity contribution in [1.82, 2.24) is 4.98 Å². The van der Waals surface area contributed by atoms with Crippen molar-refractivity contribution in [1.29, 1.82) is 0 Å². The van der Waals surface area contributed by atoms with Crippen LogP contribution in [0.15, 0.2) is 60.7 Å². The smallest absolute Gasteiger partial charge is 0.256 e. The Morgan fingerprint density at radius 3 is 2.24 bits per heavy atom. The molecule has 0 aliphatic heterocycles. The zero-order chi connectivity index (χ0) is 23.5. The summed E-state index contributed by atoms with van der Waals surface area (Å²) in [6.45, 7) is 1.74. The molecule has 1 heterocycles. The predicted molar refractivity (Wildman–Crippen MR) is 126 cm³/mol. The van der Waals surface area contributed by atoms with Gasteiger partial charge >= 0.3 is 0 Å². The first kappa shape index (κ1) is 22.1. The fraction of sp³-hybridized carbons (Fsp3) is 0.154. The number of rotatable bonds is 6. The van der Waals surface area contributed by atoms with Gasteiger partial charge in [0.05, 0.1) is 38.1 Å². The Bertz CT molecular complexity index is 1330. The third-order valence-corrected chi connectivity index (χ3v) is 5.36. The van der Waals surface area contributed by atoms with Crippen LogP contribution in [0.5, 0.6) is 17.2 Å². The Morgan fingerprint density at radius 1 is 0.909 bits per heavy atom. The summed E-state index contributed by atoms with van der Waals surface area (Å²) in [6, 6.07) is 16.9. The first-order valence-corrected chi connectivity index (χ1v) is 10.2. The van der Waals surface area contributed by atoms with Gasteiger partial charge < -0.3 is 19.5 Å². The highest BCUT2D eigenvalue weighted by Crippen LogP contribution is 2.41. The van der Waals surface area contributed by atoms with Crippen LogP contribution in [0.4, 0.5) is 10.1 Å². The molecule has 0 saturated heterocycles. The van der Waals surface area contributed by atoms with Crippen LogP contribution in [-0.2, 0) is 0 Å². The average Bonchev–Trinajstić information content (AvgIpc) is 2.83. The summed E-state index contributed by atoms with van der Waals surface area (Å²) in [5.74, 6) is 0.750. The van der Waals surface area contributed by atoms with Crippen LogP contribution in [0.1, 0.15) is 15.9 Å². The highest BCUT2D eigenvalue weighted by molar-refractivity contribution is 6.13. The number of hydrogen-bond donors (Lipinski definition) is 1. The normalized spacial score (nSPS) is 10.7. The van der Waals surface area contributed by atoms with Gasteiger partial charge in [-0.15, -0.1) is 0 Å². The second kappa shape index (κ2) is 9.16. The van der Waals surface area contributed by atoms with Crippen molar-refractivity contribution >= 4 is 22.5 Å². The minimum absolute atomic E-state index is 0.322. The summed E-state index contributed by atoms with van der Waals surface area (Å²) in [5, 5.41) is 3.59. The molecule has 168 valence electrons. The topological polar surface area (TPSA) is 69.7 Å². The van der Waals surface area contributed by atoms with Gasteiger partial charge in [0.25, 0.3) is 5.91 Å². The minimum atomic E-state index is -0.357. The van der Waals surface area contributed by atoms with Crippen LogP contribution in [-0.4, -0.2) is 32.2 Å². The summed E-state index contributed by atoms with van der Waals surface area (Å²) in [6.07, 6.45) is 0. The fourth-order valence-electron chi connectivity index (χ4n) is 3.70. The molecule has 1 amide bonds. The lowest BCUT2D eigenvalue weighted by Crippen LogP contribution is -2.14. The molecule has 6 nitrogen and oxygen atoms in total. The molecule has 4 aromatic rings. The van der Waals surface area contributed by atoms with Gasteiger partial charge in [-0.2, -0.15) is 0 Å². The van der Waals surface area contributed by atoms with Crippen LogP contribution in [0.25, 0.3) is 22.2 Å². The number of methoxy groups -OCH3 is 3. The molecule has 4 rings (SSSR count). The van der Waals surface area contributed by atoms with E-state index in [4.69, 9.17) is 19.2 Å². The molecule has 0 saturated carbocycles. The second-order valence-corrected chi connectivity index (χ2v) is 7.40. The van der Waals surface area contributed by atoms with Crippen molar-refractivity contribution in [3.05, 3.63) is 77.6 Å². The summed E-state index contributed by atoms with van der Waals surface area (Å²) < 4.78 is 29.8. The summed E-state index contributed by atoms with van der Waals surface area (Å²) in [5.41, 5.74) is 3.53. The van der Waals surface area contributed by atoms with Gasteiger partial charge in [0.2, 0.25) is 5.75 Å². The lowest BCUT2D eigenvalue weighted by molar-refractivity contribution is 0.102. The maximum Gasteiger partial charge on any atom is 0.256 e. The number of benzene rings is 3. The third-order valence-electron chi connectivity index (χ3n) is 5.36. The second-order valence-electron chi connectivity index (χ2n) is 7.40. The van der Waals surface area contributed by atoms with E-state index >= 15 is 0 Å². The lowest BCUT2D eigenvalue weighted by atomic mass is 10.0. The molecular weight excluding hydrogens is 423 g/mol. The van der Waals surface area contributed by atoms with Crippen molar-refractivity contribution in [3.8, 4) is 28.5 Å². The number of anilines is 1. The number of carbonyl (C=O) groups excluding carboxylic acids is 1. The third kappa shape index (κ3) is 4.30. The van der Waals surface area contributed by atoms with Gasteiger partial charge in [0.1, 0.15) is 5.82 Å². The van der Waals surface area contributed by atoms with Crippen LogP contribution >= 0.6 is 0 Å². The first-order chi connectivity index (χ1) is 15.9. The van der Waals surface area contributed by atoms with Gasteiger partial charge in [-0.05, 0) is 55.0 Å². The molecular formula is C26H23FN2O4. The number of amides is 1. The van der Waals surface area contributed by atoms with E-state index in [0.717, 1.165) is 0 Å². The minimum Gasteiger partial charge on any atom is -0.493 e. The molecule has 1 aromatic heterocycles. The van der Waals surface area contributed by atoms with Crippen LogP contribution in [0, 0.1) is 12.7 Å². The van der Waals surface area contributed by atoms with Crippen LogP contribution in [0.2, 0.25) is 0 Å². The number of ether oxygens (including phenoxy) is 3. The molecule has 0 radical (unpaired) electrons. The highest BCUT2D eigenvalue weighted by Gasteiger charge is 2.18. The monoisotopic (exact) mass is 446 g/mol. The van der Waals surface area contributed by atoms with Crippen molar-refractivity contribution in [2.45, 2.75) is 6.92 Å². The van der Waals surface area contributed by atoms with E-state index in [-0.39, 0.29) is 11.7 Å². The van der Waals surface area contributed by atoms with Gasteiger partial charge in [0, 0.05) is 16.6 Å². The van der Waals surface area contributed by atoms with Crippen molar-refractivity contribution in [2.75, 3.05) is 26.6 Å². The average molecular weight is 446 g/mol. The number of nitrogens with one attached hydrogen (secondary N) is 1. The van der Waals surface area contributed by atoms with E-state index in [2.05, 4.69) is 5.32 Å². The standard InChI is InChI=1S/C26H23FN2O4/c1-15-11-17(27)9-10-20(15)29-26(30)19-14-22(28-21-8-6-5-7-18(19)21)16-12-23(31-2)25(33-4)24(13-16)32-3/h5-14H,1-4H3,(H,29,30). The summed E-state index contributed by atoms with van der Waals surface area (Å²) in [4.78, 5) is 18.0. The molecule has 0 unspecified atom stereocenters. The molecule has 0 fully saturated rings. The maximum absolute atomic E-state index is 13.5. The number of aromatic nitrogens is 1. The van der Waals surface area contributed by atoms with E-state index in [1.165, 1.54) is 19.2 Å². The van der Waals surface area contributed by atoms with E-state index in [1.807, 2.05) is 24.3 Å². The number of nitrogens with zero attached hydrogens (tertiary/aromatic N) is 1. The summed E-state index contributed by atoms with van der Waals surface area (Å²) >= 11 is 0. The van der Waals surface area contributed by atoms with Crippen molar-refractivity contribution < 1.29 is 23.4 Å². The Kier molecular flexibility index (Phi) is 6.13. The number of carbonyl (C=O) groups is 1. The van der Waals surface area contributed by atoms with Gasteiger partial charge in [-0.1, -0.05) is 18.2 Å². The van der Waals surface area contributed by atoms with Gasteiger partial charge in [-0.3, -0.25) is 4.79 Å². The number of pyridine rings is 1. The van der Waals surface area contributed by atoms with E-state index in [1.54, 1.807) is 45.4 Å². The zero-order valence-electron chi connectivity index (χ0n) is 18.7. The maximum atomic E-state index is 13.5. The molecule has 0 atom stereocenters. The summed E-state index contributed by atoms with van der Waals surface area (Å²) in [7, 11) is 4.62. The molecule has 1 N–H and O–H groups in total. The molecule has 33 heavy (non-hydrogen) atoms. The number of halogens is 1. The predicted octanol–water partition coefficient (Wildman–Crippen LogP) is 5.63. The van der Waals surface area contributed by atoms with Gasteiger partial charge in [-0.25, -0.2) is 9.37 Å². The largest absolute Gasteiger partial charge is 0.493 e. The molecule has 0 aliphatic rings. The van der Waals surface area contributed by atoms with E-state index < -0.39 is 0 Å². The van der Waals surface area contributed by atoms with Crippen molar-refractivity contribution in [2.24, 2.45) is 0 Å². The highest BCUT2D eigenvalue weighted by atomic mass is 19.1. The molecule has 0 bridgehead atoms. The molecule has 3 aromatic carbocycles. The Morgan fingerprint density at radius 2 is 1.61 bits per heavy atom. The number of fused-ring (bicyclic) bond motifs is 1. The zero-order valence-corrected chi connectivity index (χ0v) is 18.7. The molecule has 7 heteroatoms. The fourth-order valence-corrected chi connectivity index (χ4v) is 3.70. The number of para-hydroxylation sites is 1. The van der Waals surface area contributed by atoms with Crippen molar-refractivity contribution in [3.63, 3.8) is 0 Å². The SMILES string of the molecule is COc1cc(-c2cc(C(=O)Nc3ccc(F)cc3C)c3ccccc3n2)cc(OC)c1OC. The van der Waals surface area contributed by atoms with Crippen LogP contribution in [0.3, 0.4) is 0 Å². The Labute approximate surface area is 190 Å². The Balaban J connectivity index is 1.85. The van der Waals surface area contributed by atoms with Gasteiger partial charge in [0.15, 0.2) is 11.5 Å². The number of aryl methyl sites for hydroxylation is 1. The number of hydrogen-bond acceptors (Lipinski definition) is 5. The quantitative estimate of drug-likeness (QED) is 0.416. The lowest BCUT2D eigenvalue weighted by Gasteiger charge is -2.15. The first-order valence-electron chi connectivity index (χ1n) is 10.2. The van der Waals surface area contributed by atoms with E-state index in [9.17, 15) is 9.18 Å². The van der Waals surface area contributed by atoms with E-state index in [0.29, 0.717) is 56.2 Å². The molecule has 0 spiro atoms. The molecule has 0 aliphatic carbocycles. The Hall–Kier alpha value is -4.13. The van der Waals surface area contributed by atoms with Crippen LogP contribution < -0.4 is 19.5 Å².